The Balaban J connectivity index is 3.19. The standard InChI is InChI=1S/C8H9NO3/c1-9(12,6-10)7-4-2-3-5-8(7)11/h2-6,12H,1H3/p+1. The van der Waals surface area contributed by atoms with Crippen LogP contribution in [0, 0.1) is 0 Å². The lowest BCUT2D eigenvalue weighted by molar-refractivity contribution is -0.141. The summed E-state index contributed by atoms with van der Waals surface area (Å²) in [4.78, 5) is 10.4. The molecule has 0 fully saturated rings. The minimum atomic E-state index is -0.966. The molecular formula is C8H10NO3+. The number of para-hydroxylation sites is 2. The maximum absolute atomic E-state index is 10.4. The van der Waals surface area contributed by atoms with E-state index in [4.69, 9.17) is 0 Å². The molecule has 4 nitrogen and oxygen atoms in total. The lowest BCUT2D eigenvalue weighted by atomic mass is 10.3. The highest BCUT2D eigenvalue weighted by Gasteiger charge is 2.25. The second-order valence-corrected chi connectivity index (χ2v) is 2.62. The number of rotatable bonds is 2. The molecule has 0 aliphatic carbocycles. The molecule has 0 saturated carbocycles. The first-order chi connectivity index (χ1) is 5.58. The first kappa shape index (κ1) is 8.70. The molecule has 12 heavy (non-hydrogen) atoms. The van der Waals surface area contributed by atoms with Gasteiger partial charge in [0.1, 0.15) is 7.05 Å². The van der Waals surface area contributed by atoms with Crippen LogP contribution in [0.5, 0.6) is 5.75 Å². The van der Waals surface area contributed by atoms with E-state index in [0.717, 1.165) is 0 Å². The molecule has 1 unspecified atom stereocenters. The average molecular weight is 168 g/mol. The van der Waals surface area contributed by atoms with E-state index in [9.17, 15) is 15.1 Å². The van der Waals surface area contributed by atoms with Gasteiger partial charge in [0.25, 0.3) is 0 Å². The Morgan fingerprint density at radius 3 is 2.50 bits per heavy atom. The number of aromatic hydroxyl groups is 1. The summed E-state index contributed by atoms with van der Waals surface area (Å²) in [7, 11) is 1.27. The smallest absolute Gasteiger partial charge is 0.338 e. The molecule has 0 aliphatic heterocycles. The van der Waals surface area contributed by atoms with E-state index in [1.54, 1.807) is 12.1 Å². The van der Waals surface area contributed by atoms with Gasteiger partial charge < -0.3 is 5.11 Å². The van der Waals surface area contributed by atoms with E-state index in [0.29, 0.717) is 6.41 Å². The van der Waals surface area contributed by atoms with Gasteiger partial charge in [0.2, 0.25) is 5.69 Å². The number of hydrogen-bond donors (Lipinski definition) is 2. The molecule has 0 aliphatic rings. The van der Waals surface area contributed by atoms with Crippen molar-refractivity contribution in [2.45, 2.75) is 0 Å². The van der Waals surface area contributed by atoms with Crippen molar-refractivity contribution in [2.75, 3.05) is 7.05 Å². The molecule has 1 amide bonds. The van der Waals surface area contributed by atoms with Crippen LogP contribution in [-0.4, -0.2) is 23.8 Å². The number of carbonyl (C=O) groups is 1. The second-order valence-electron chi connectivity index (χ2n) is 2.62. The summed E-state index contributed by atoms with van der Waals surface area (Å²) in [6.45, 7) is 0. The number of hydroxylamine groups is 2. The molecule has 0 aromatic heterocycles. The van der Waals surface area contributed by atoms with Crippen molar-refractivity contribution < 1.29 is 15.1 Å². The Morgan fingerprint density at radius 2 is 2.00 bits per heavy atom. The summed E-state index contributed by atoms with van der Waals surface area (Å²) >= 11 is 0. The summed E-state index contributed by atoms with van der Waals surface area (Å²) in [5.41, 5.74) is 0.160. The van der Waals surface area contributed by atoms with Gasteiger partial charge in [-0.2, -0.15) is 0 Å². The fourth-order valence-electron chi connectivity index (χ4n) is 0.904. The van der Waals surface area contributed by atoms with Gasteiger partial charge in [-0.3, -0.25) is 0 Å². The minimum absolute atomic E-state index is 0.102. The number of nitrogens with zero attached hydrogens (tertiary/aromatic N) is 1. The van der Waals surface area contributed by atoms with Crippen molar-refractivity contribution in [3.8, 4) is 5.75 Å². The molecule has 0 spiro atoms. The van der Waals surface area contributed by atoms with Crippen molar-refractivity contribution in [3.63, 3.8) is 0 Å². The molecule has 2 N–H and O–H groups in total. The number of phenolic OH excluding ortho intramolecular Hbond substituents is 1. The first-order valence-electron chi connectivity index (χ1n) is 3.42. The van der Waals surface area contributed by atoms with Gasteiger partial charge in [-0.1, -0.05) is 16.8 Å². The molecule has 64 valence electrons. The third-order valence-corrected chi connectivity index (χ3v) is 1.57. The third-order valence-electron chi connectivity index (χ3n) is 1.57. The van der Waals surface area contributed by atoms with Gasteiger partial charge in [0.05, 0.1) is 0 Å². The van der Waals surface area contributed by atoms with E-state index < -0.39 is 4.65 Å². The van der Waals surface area contributed by atoms with Gasteiger partial charge >= 0.3 is 6.41 Å². The molecule has 0 heterocycles. The number of phenols is 1. The quantitative estimate of drug-likeness (QED) is 0.298. The molecule has 1 aromatic rings. The topological polar surface area (TPSA) is 57.5 Å². The summed E-state index contributed by atoms with van der Waals surface area (Å²) in [6, 6.07) is 6.13. The van der Waals surface area contributed by atoms with Gasteiger partial charge in [-0.25, -0.2) is 10.0 Å². The van der Waals surface area contributed by atoms with Crippen LogP contribution >= 0.6 is 0 Å². The van der Waals surface area contributed by atoms with Crippen LogP contribution in [0.4, 0.5) is 5.69 Å². The van der Waals surface area contributed by atoms with Crippen LogP contribution in [0.3, 0.4) is 0 Å². The first-order valence-corrected chi connectivity index (χ1v) is 3.42. The second kappa shape index (κ2) is 2.92. The number of amides is 1. The highest BCUT2D eigenvalue weighted by molar-refractivity contribution is 5.69. The summed E-state index contributed by atoms with van der Waals surface area (Å²) < 4.78 is -0.966. The zero-order chi connectivity index (χ0) is 9.19. The van der Waals surface area contributed by atoms with Crippen molar-refractivity contribution in [1.29, 1.82) is 0 Å². The lowest BCUT2D eigenvalue weighted by Gasteiger charge is -2.16. The molecule has 0 bridgehead atoms. The van der Waals surface area contributed by atoms with Crippen LogP contribution in [0.15, 0.2) is 24.3 Å². The van der Waals surface area contributed by atoms with Crippen molar-refractivity contribution in [1.82, 2.24) is 4.65 Å². The highest BCUT2D eigenvalue weighted by atomic mass is 16.6. The van der Waals surface area contributed by atoms with Gasteiger partial charge in [-0.15, -0.1) is 0 Å². The van der Waals surface area contributed by atoms with Crippen LogP contribution in [0.25, 0.3) is 0 Å². The van der Waals surface area contributed by atoms with E-state index in [-0.39, 0.29) is 11.4 Å². The largest absolute Gasteiger partial charge is 0.503 e. The van der Waals surface area contributed by atoms with Crippen molar-refractivity contribution in [2.24, 2.45) is 0 Å². The predicted octanol–water partition coefficient (Wildman–Crippen LogP) is 0.875. The Hall–Kier alpha value is -1.39. The van der Waals surface area contributed by atoms with E-state index in [2.05, 4.69) is 0 Å². The molecule has 0 radical (unpaired) electrons. The molecule has 0 saturated heterocycles. The predicted molar refractivity (Wildman–Crippen MR) is 43.7 cm³/mol. The fourth-order valence-corrected chi connectivity index (χ4v) is 0.904. The zero-order valence-electron chi connectivity index (χ0n) is 6.64. The Labute approximate surface area is 69.8 Å². The monoisotopic (exact) mass is 168 g/mol. The maximum atomic E-state index is 10.4. The maximum Gasteiger partial charge on any atom is 0.338 e. The van der Waals surface area contributed by atoms with Crippen molar-refractivity contribution >= 4 is 12.1 Å². The summed E-state index contributed by atoms with van der Waals surface area (Å²) in [5.74, 6) is -0.102. The van der Waals surface area contributed by atoms with Gasteiger partial charge in [0.15, 0.2) is 5.75 Å². The Kier molecular flexibility index (Phi) is 2.12. The molecule has 1 aromatic carbocycles. The number of benzene rings is 1. The van der Waals surface area contributed by atoms with Crippen LogP contribution < -0.4 is 4.65 Å². The molecule has 4 heteroatoms. The Morgan fingerprint density at radius 1 is 1.42 bits per heavy atom. The zero-order valence-corrected chi connectivity index (χ0v) is 6.64. The van der Waals surface area contributed by atoms with E-state index >= 15 is 0 Å². The fraction of sp³-hybridized carbons (Fsp3) is 0.125. The Bertz CT molecular complexity index is 296. The van der Waals surface area contributed by atoms with Crippen LogP contribution in [-0.2, 0) is 4.79 Å². The summed E-state index contributed by atoms with van der Waals surface area (Å²) in [6.07, 6.45) is 0.328. The molecule has 1 atom stereocenters. The number of quaternary nitrogens is 1. The van der Waals surface area contributed by atoms with Crippen LogP contribution in [0.2, 0.25) is 0 Å². The average Bonchev–Trinajstić information content (AvgIpc) is 2.05. The van der Waals surface area contributed by atoms with Crippen molar-refractivity contribution in [3.05, 3.63) is 24.3 Å². The van der Waals surface area contributed by atoms with Gasteiger partial charge in [0, 0.05) is 6.07 Å². The molecule has 1 rings (SSSR count). The SMILES string of the molecule is C[N+](O)(C=O)c1ccccc1O. The van der Waals surface area contributed by atoms with E-state index in [1.807, 2.05) is 0 Å². The lowest BCUT2D eigenvalue weighted by Crippen LogP contribution is -2.39. The molecular weight excluding hydrogens is 158 g/mol. The number of hydrogen-bond acceptors (Lipinski definition) is 3. The summed E-state index contributed by atoms with van der Waals surface area (Å²) in [5, 5.41) is 18.6. The normalized spacial score (nSPS) is 15.2. The number of carbonyl (C=O) groups excluding carboxylic acids is 1. The highest BCUT2D eigenvalue weighted by Crippen LogP contribution is 2.27. The minimum Gasteiger partial charge on any atom is -0.503 e. The third kappa shape index (κ3) is 1.44. The van der Waals surface area contributed by atoms with Crippen LogP contribution in [0.1, 0.15) is 0 Å². The van der Waals surface area contributed by atoms with E-state index in [1.165, 1.54) is 19.2 Å². The van der Waals surface area contributed by atoms with Gasteiger partial charge in [-0.05, 0) is 6.07 Å².